The maximum atomic E-state index is 12.2. The molecule has 156 valence electrons. The summed E-state index contributed by atoms with van der Waals surface area (Å²) in [7, 11) is 0. The predicted molar refractivity (Wildman–Crippen MR) is 121 cm³/mol. The van der Waals surface area contributed by atoms with E-state index in [4.69, 9.17) is 10.8 Å². The number of likely N-dealkylation sites (tertiary alicyclic amines) is 1. The average molecular weight is 432 g/mol. The minimum absolute atomic E-state index is 0.0148. The zero-order valence-corrected chi connectivity index (χ0v) is 17.6. The lowest BCUT2D eigenvalue weighted by Gasteiger charge is -2.32. The number of rotatable bonds is 4. The number of piperidine rings is 1. The van der Waals surface area contributed by atoms with Gasteiger partial charge >= 0.3 is 0 Å². The minimum atomic E-state index is -0.0603. The number of nitrogens with two attached hydrogens (primary N) is 1. The van der Waals surface area contributed by atoms with Gasteiger partial charge in [0.25, 0.3) is 0 Å². The van der Waals surface area contributed by atoms with Crippen LogP contribution in [0.15, 0.2) is 55.0 Å². The second kappa shape index (κ2) is 7.92. The minimum Gasteiger partial charge on any atom is -0.383 e. The fourth-order valence-electron chi connectivity index (χ4n) is 4.05. The second-order valence-corrected chi connectivity index (χ2v) is 8.39. The summed E-state index contributed by atoms with van der Waals surface area (Å²) in [6.45, 7) is 4.90. The Kier molecular flexibility index (Phi) is 4.95. The molecule has 1 aliphatic rings. The molecule has 4 aromatic heterocycles. The first-order chi connectivity index (χ1) is 15.2. The zero-order valence-electron chi connectivity index (χ0n) is 16.8. The van der Waals surface area contributed by atoms with Gasteiger partial charge < -0.3 is 10.6 Å². The number of thiophene rings is 1. The van der Waals surface area contributed by atoms with Gasteiger partial charge in [-0.05, 0) is 42.0 Å². The fraction of sp³-hybridized carbons (Fsp3) is 0.227. The summed E-state index contributed by atoms with van der Waals surface area (Å²) in [4.78, 5) is 27.9. The van der Waals surface area contributed by atoms with E-state index in [1.165, 1.54) is 12.4 Å². The Morgan fingerprint density at radius 1 is 1.32 bits per heavy atom. The Morgan fingerprint density at radius 3 is 3.03 bits per heavy atom. The molecule has 1 unspecified atom stereocenters. The van der Waals surface area contributed by atoms with E-state index in [1.54, 1.807) is 17.5 Å². The molecule has 5 heterocycles. The molecule has 1 saturated heterocycles. The van der Waals surface area contributed by atoms with Crippen molar-refractivity contribution in [3.8, 4) is 21.7 Å². The Hall–Kier alpha value is -3.59. The SMILES string of the molecule is C=CC(=O)N1CCCC(n2nc(-c3cc(-c4cccnc4)cs3)c3c(N)ncnc32)C1. The highest BCUT2D eigenvalue weighted by Gasteiger charge is 2.28. The number of amides is 1. The number of hydrogen-bond acceptors (Lipinski definition) is 7. The highest BCUT2D eigenvalue weighted by Crippen LogP contribution is 2.38. The van der Waals surface area contributed by atoms with Gasteiger partial charge in [0.2, 0.25) is 5.91 Å². The van der Waals surface area contributed by atoms with Crippen LogP contribution in [0.25, 0.3) is 32.7 Å². The van der Waals surface area contributed by atoms with Crippen molar-refractivity contribution in [2.45, 2.75) is 18.9 Å². The summed E-state index contributed by atoms with van der Waals surface area (Å²) in [6, 6.07) is 6.05. The van der Waals surface area contributed by atoms with Gasteiger partial charge in [-0.3, -0.25) is 9.78 Å². The molecule has 4 aromatic rings. The highest BCUT2D eigenvalue weighted by molar-refractivity contribution is 7.14. The molecule has 1 fully saturated rings. The molecule has 9 heteroatoms. The third-order valence-electron chi connectivity index (χ3n) is 5.57. The summed E-state index contributed by atoms with van der Waals surface area (Å²) < 4.78 is 1.91. The first kappa shape index (κ1) is 19.4. The van der Waals surface area contributed by atoms with Gasteiger partial charge in [-0.25, -0.2) is 14.6 Å². The molecule has 2 N–H and O–H groups in total. The van der Waals surface area contributed by atoms with E-state index in [2.05, 4.69) is 33.0 Å². The third kappa shape index (κ3) is 3.46. The van der Waals surface area contributed by atoms with Gasteiger partial charge in [-0.1, -0.05) is 12.6 Å². The Balaban J connectivity index is 1.58. The lowest BCUT2D eigenvalue weighted by molar-refractivity contribution is -0.127. The molecule has 31 heavy (non-hydrogen) atoms. The molecule has 0 aliphatic carbocycles. The van der Waals surface area contributed by atoms with Crippen LogP contribution in [0.5, 0.6) is 0 Å². The molecule has 0 radical (unpaired) electrons. The van der Waals surface area contributed by atoms with Crippen molar-refractivity contribution in [3.63, 3.8) is 0 Å². The lowest BCUT2D eigenvalue weighted by Crippen LogP contribution is -2.40. The predicted octanol–water partition coefficient (Wildman–Crippen LogP) is 3.55. The molecule has 8 nitrogen and oxygen atoms in total. The number of aromatic nitrogens is 5. The number of carbonyl (C=O) groups is 1. The van der Waals surface area contributed by atoms with Crippen molar-refractivity contribution in [3.05, 3.63) is 55.0 Å². The summed E-state index contributed by atoms with van der Waals surface area (Å²) >= 11 is 1.60. The van der Waals surface area contributed by atoms with Gasteiger partial charge in [0.1, 0.15) is 17.8 Å². The van der Waals surface area contributed by atoms with Crippen LogP contribution in [-0.4, -0.2) is 48.6 Å². The first-order valence-corrected chi connectivity index (χ1v) is 10.9. The molecular weight excluding hydrogens is 410 g/mol. The van der Waals surface area contributed by atoms with E-state index in [1.807, 2.05) is 27.9 Å². The number of nitrogen functional groups attached to an aromatic ring is 1. The van der Waals surface area contributed by atoms with E-state index >= 15 is 0 Å². The molecule has 1 atom stereocenters. The van der Waals surface area contributed by atoms with Crippen molar-refractivity contribution in [2.24, 2.45) is 0 Å². The molecule has 1 amide bonds. The van der Waals surface area contributed by atoms with E-state index in [0.29, 0.717) is 18.0 Å². The lowest BCUT2D eigenvalue weighted by atomic mass is 10.1. The maximum absolute atomic E-state index is 12.2. The zero-order chi connectivity index (χ0) is 21.4. The topological polar surface area (TPSA) is 103 Å². The smallest absolute Gasteiger partial charge is 0.246 e. The van der Waals surface area contributed by atoms with Gasteiger partial charge in [0.15, 0.2) is 5.65 Å². The fourth-order valence-corrected chi connectivity index (χ4v) is 4.96. The number of hydrogen-bond donors (Lipinski definition) is 1. The number of nitrogens with zero attached hydrogens (tertiary/aromatic N) is 6. The van der Waals surface area contributed by atoms with Gasteiger partial charge in [0, 0.05) is 31.0 Å². The average Bonchev–Trinajstić information content (AvgIpc) is 3.45. The van der Waals surface area contributed by atoms with E-state index in [0.717, 1.165) is 46.5 Å². The standard InChI is InChI=1S/C22H21N7OS/c1-2-18(30)28-8-4-6-16(11-28)29-22-19(21(23)25-13-26-22)20(27-29)17-9-15(12-31-17)14-5-3-7-24-10-14/h2-3,5,7,9-10,12-13,16H,1,4,6,8,11H2,(H2,23,25,26). The van der Waals surface area contributed by atoms with Crippen LogP contribution < -0.4 is 5.73 Å². The summed E-state index contributed by atoms with van der Waals surface area (Å²) in [6.07, 6.45) is 8.23. The third-order valence-corrected chi connectivity index (χ3v) is 6.51. The van der Waals surface area contributed by atoms with Crippen LogP contribution in [0.3, 0.4) is 0 Å². The largest absolute Gasteiger partial charge is 0.383 e. The summed E-state index contributed by atoms with van der Waals surface area (Å²) in [5, 5.41) is 7.77. The number of pyridine rings is 1. The Morgan fingerprint density at radius 2 is 2.23 bits per heavy atom. The van der Waals surface area contributed by atoms with Crippen molar-refractivity contribution >= 4 is 34.1 Å². The van der Waals surface area contributed by atoms with Crippen LogP contribution in [0.2, 0.25) is 0 Å². The number of carbonyl (C=O) groups excluding carboxylic acids is 1. The van der Waals surface area contributed by atoms with Crippen LogP contribution in [0, 0.1) is 0 Å². The van der Waals surface area contributed by atoms with E-state index in [9.17, 15) is 4.79 Å². The van der Waals surface area contributed by atoms with Gasteiger partial charge in [-0.15, -0.1) is 11.3 Å². The summed E-state index contributed by atoms with van der Waals surface area (Å²) in [5.41, 5.74) is 9.84. The molecular formula is C22H21N7OS. The highest BCUT2D eigenvalue weighted by atomic mass is 32.1. The van der Waals surface area contributed by atoms with Crippen LogP contribution >= 0.6 is 11.3 Å². The van der Waals surface area contributed by atoms with Crippen molar-refractivity contribution < 1.29 is 4.79 Å². The van der Waals surface area contributed by atoms with E-state index in [-0.39, 0.29) is 11.9 Å². The number of anilines is 1. The second-order valence-electron chi connectivity index (χ2n) is 7.48. The Bertz CT molecular complexity index is 1260. The normalized spacial score (nSPS) is 16.5. The summed E-state index contributed by atoms with van der Waals surface area (Å²) in [5.74, 6) is 0.340. The van der Waals surface area contributed by atoms with Crippen molar-refractivity contribution in [1.29, 1.82) is 0 Å². The molecule has 1 aliphatic heterocycles. The van der Waals surface area contributed by atoms with Crippen LogP contribution in [0.4, 0.5) is 5.82 Å². The van der Waals surface area contributed by atoms with Crippen molar-refractivity contribution in [1.82, 2.24) is 29.6 Å². The van der Waals surface area contributed by atoms with Crippen LogP contribution in [0.1, 0.15) is 18.9 Å². The maximum Gasteiger partial charge on any atom is 0.246 e. The van der Waals surface area contributed by atoms with Gasteiger partial charge in [-0.2, -0.15) is 5.10 Å². The Labute approximate surface area is 183 Å². The molecule has 0 saturated carbocycles. The van der Waals surface area contributed by atoms with E-state index < -0.39 is 0 Å². The molecule has 5 rings (SSSR count). The molecule has 0 aromatic carbocycles. The first-order valence-electron chi connectivity index (χ1n) is 10.0. The number of fused-ring (bicyclic) bond motifs is 1. The molecule has 0 spiro atoms. The van der Waals surface area contributed by atoms with Gasteiger partial charge in [0.05, 0.1) is 16.3 Å². The van der Waals surface area contributed by atoms with Crippen LogP contribution in [-0.2, 0) is 4.79 Å². The quantitative estimate of drug-likeness (QED) is 0.496. The monoisotopic (exact) mass is 431 g/mol. The van der Waals surface area contributed by atoms with Crippen molar-refractivity contribution in [2.75, 3.05) is 18.8 Å². The molecule has 0 bridgehead atoms.